The highest BCUT2D eigenvalue weighted by Gasteiger charge is 2.42. The SMILES string of the molecule is O=[N+]([O-])c1cc(Cl)ccc1[C@H](O)C(F)(F)F. The summed E-state index contributed by atoms with van der Waals surface area (Å²) in [5.41, 5.74) is -1.70. The van der Waals surface area contributed by atoms with Crippen LogP contribution in [-0.4, -0.2) is 16.2 Å². The van der Waals surface area contributed by atoms with Gasteiger partial charge in [0, 0.05) is 11.1 Å². The monoisotopic (exact) mass is 255 g/mol. The first-order valence-electron chi connectivity index (χ1n) is 3.92. The molecule has 88 valence electrons. The Bertz CT molecular complexity index is 421. The Kier molecular flexibility index (Phi) is 3.39. The van der Waals surface area contributed by atoms with Crippen LogP contribution < -0.4 is 0 Å². The average Bonchev–Trinajstić information content (AvgIpc) is 2.15. The third kappa shape index (κ3) is 2.61. The molecule has 1 rings (SSSR count). The first-order chi connectivity index (χ1) is 7.23. The molecule has 0 aromatic heterocycles. The van der Waals surface area contributed by atoms with Crippen molar-refractivity contribution in [3.8, 4) is 0 Å². The number of nitro groups is 1. The van der Waals surface area contributed by atoms with E-state index in [1.807, 2.05) is 0 Å². The van der Waals surface area contributed by atoms with Crippen molar-refractivity contribution in [3.05, 3.63) is 38.9 Å². The molecule has 0 fully saturated rings. The summed E-state index contributed by atoms with van der Waals surface area (Å²) in [6.45, 7) is 0. The highest BCUT2D eigenvalue weighted by atomic mass is 35.5. The van der Waals surface area contributed by atoms with Crippen LogP contribution in [0.5, 0.6) is 0 Å². The van der Waals surface area contributed by atoms with Crippen molar-refractivity contribution in [2.45, 2.75) is 12.3 Å². The Morgan fingerprint density at radius 1 is 1.44 bits per heavy atom. The van der Waals surface area contributed by atoms with Crippen molar-refractivity contribution in [2.24, 2.45) is 0 Å². The van der Waals surface area contributed by atoms with Crippen LogP contribution >= 0.6 is 11.6 Å². The summed E-state index contributed by atoms with van der Waals surface area (Å²) in [5.74, 6) is 0. The van der Waals surface area contributed by atoms with Crippen molar-refractivity contribution in [3.63, 3.8) is 0 Å². The molecule has 0 aliphatic heterocycles. The molecule has 0 spiro atoms. The zero-order chi connectivity index (χ0) is 12.5. The minimum Gasteiger partial charge on any atom is -0.379 e. The van der Waals surface area contributed by atoms with Crippen LogP contribution in [0.1, 0.15) is 11.7 Å². The van der Waals surface area contributed by atoms with E-state index in [9.17, 15) is 23.3 Å². The number of hydrogen-bond donors (Lipinski definition) is 1. The molecule has 1 N–H and O–H groups in total. The fourth-order valence-electron chi connectivity index (χ4n) is 1.08. The maximum absolute atomic E-state index is 12.2. The molecule has 0 amide bonds. The van der Waals surface area contributed by atoms with E-state index >= 15 is 0 Å². The van der Waals surface area contributed by atoms with E-state index in [-0.39, 0.29) is 5.02 Å². The number of hydrogen-bond acceptors (Lipinski definition) is 3. The number of aliphatic hydroxyl groups is 1. The van der Waals surface area contributed by atoms with Gasteiger partial charge in [-0.25, -0.2) is 0 Å². The summed E-state index contributed by atoms with van der Waals surface area (Å²) in [4.78, 5) is 9.44. The van der Waals surface area contributed by atoms with E-state index in [2.05, 4.69) is 0 Å². The van der Waals surface area contributed by atoms with Gasteiger partial charge in [-0.15, -0.1) is 0 Å². The van der Waals surface area contributed by atoms with E-state index in [4.69, 9.17) is 16.7 Å². The Morgan fingerprint density at radius 2 is 2.00 bits per heavy atom. The van der Waals surface area contributed by atoms with Gasteiger partial charge in [0.2, 0.25) is 0 Å². The molecule has 1 atom stereocenters. The van der Waals surface area contributed by atoms with Gasteiger partial charge in [0.15, 0.2) is 6.10 Å². The highest BCUT2D eigenvalue weighted by molar-refractivity contribution is 6.30. The van der Waals surface area contributed by atoms with Gasteiger partial charge >= 0.3 is 6.18 Å². The smallest absolute Gasteiger partial charge is 0.379 e. The molecule has 0 unspecified atom stereocenters. The van der Waals surface area contributed by atoms with Crippen LogP contribution in [0.3, 0.4) is 0 Å². The lowest BCUT2D eigenvalue weighted by molar-refractivity contribution is -0.387. The normalized spacial score (nSPS) is 13.6. The zero-order valence-electron chi connectivity index (χ0n) is 7.53. The number of rotatable bonds is 2. The Hall–Kier alpha value is -1.34. The Labute approximate surface area is 92.4 Å². The topological polar surface area (TPSA) is 63.4 Å². The van der Waals surface area contributed by atoms with Crippen LogP contribution in [0.25, 0.3) is 0 Å². The van der Waals surface area contributed by atoms with Crippen molar-refractivity contribution < 1.29 is 23.2 Å². The number of halogens is 4. The molecule has 4 nitrogen and oxygen atoms in total. The Balaban J connectivity index is 3.28. The number of alkyl halides is 3. The van der Waals surface area contributed by atoms with Crippen molar-refractivity contribution in [1.29, 1.82) is 0 Å². The largest absolute Gasteiger partial charge is 0.418 e. The van der Waals surface area contributed by atoms with E-state index in [1.54, 1.807) is 0 Å². The third-order valence-corrected chi connectivity index (χ3v) is 2.03. The molecule has 16 heavy (non-hydrogen) atoms. The lowest BCUT2D eigenvalue weighted by atomic mass is 10.1. The first-order valence-corrected chi connectivity index (χ1v) is 4.30. The molecule has 0 heterocycles. The van der Waals surface area contributed by atoms with Crippen molar-refractivity contribution in [1.82, 2.24) is 0 Å². The lowest BCUT2D eigenvalue weighted by Gasteiger charge is -2.14. The second-order valence-electron chi connectivity index (χ2n) is 2.90. The van der Waals surface area contributed by atoms with E-state index < -0.39 is 28.5 Å². The third-order valence-electron chi connectivity index (χ3n) is 1.79. The zero-order valence-corrected chi connectivity index (χ0v) is 8.29. The number of aliphatic hydroxyl groups excluding tert-OH is 1. The van der Waals surface area contributed by atoms with E-state index in [1.165, 1.54) is 0 Å². The fraction of sp³-hybridized carbons (Fsp3) is 0.250. The van der Waals surface area contributed by atoms with Crippen LogP contribution in [0.15, 0.2) is 18.2 Å². The van der Waals surface area contributed by atoms with Gasteiger partial charge in [0.1, 0.15) is 0 Å². The second-order valence-corrected chi connectivity index (χ2v) is 3.34. The molecule has 0 bridgehead atoms. The molecule has 0 saturated heterocycles. The van der Waals surface area contributed by atoms with Gasteiger partial charge < -0.3 is 5.11 Å². The molecule has 0 aliphatic rings. The highest BCUT2D eigenvalue weighted by Crippen LogP contribution is 2.37. The summed E-state index contributed by atoms with van der Waals surface area (Å²) in [6, 6.07) is 2.57. The predicted molar refractivity (Wildman–Crippen MR) is 49.1 cm³/mol. The molecule has 0 saturated carbocycles. The van der Waals surface area contributed by atoms with Crippen LogP contribution in [0, 0.1) is 10.1 Å². The summed E-state index contributed by atoms with van der Waals surface area (Å²) in [6.07, 6.45) is -7.86. The summed E-state index contributed by atoms with van der Waals surface area (Å²) in [7, 11) is 0. The maximum Gasteiger partial charge on any atom is 0.418 e. The van der Waals surface area contributed by atoms with Gasteiger partial charge in [-0.3, -0.25) is 10.1 Å². The van der Waals surface area contributed by atoms with Gasteiger partial charge in [0.25, 0.3) is 5.69 Å². The quantitative estimate of drug-likeness (QED) is 0.653. The molecule has 8 heteroatoms. The summed E-state index contributed by atoms with van der Waals surface area (Å²) in [5, 5.41) is 19.3. The molecular formula is C8H5ClF3NO3. The minimum atomic E-state index is -4.96. The lowest BCUT2D eigenvalue weighted by Crippen LogP contribution is -2.21. The number of nitrogens with zero attached hydrogens (tertiary/aromatic N) is 1. The molecular weight excluding hydrogens is 251 g/mol. The number of nitro benzene ring substituents is 1. The minimum absolute atomic E-state index is 0.0789. The summed E-state index contributed by atoms with van der Waals surface area (Å²) < 4.78 is 36.5. The van der Waals surface area contributed by atoms with Gasteiger partial charge in [-0.2, -0.15) is 13.2 Å². The Morgan fingerprint density at radius 3 is 2.44 bits per heavy atom. The first kappa shape index (κ1) is 12.7. The molecule has 0 radical (unpaired) electrons. The van der Waals surface area contributed by atoms with E-state index in [0.717, 1.165) is 18.2 Å². The molecule has 1 aromatic carbocycles. The number of benzene rings is 1. The van der Waals surface area contributed by atoms with Crippen LogP contribution in [0.2, 0.25) is 5.02 Å². The second kappa shape index (κ2) is 4.26. The van der Waals surface area contributed by atoms with Gasteiger partial charge in [0.05, 0.1) is 10.5 Å². The standard InChI is InChI=1S/C8H5ClF3NO3/c9-4-1-2-5(6(3-4)13(15)16)7(14)8(10,11)12/h1-3,7,14H/t7-/m0/s1. The van der Waals surface area contributed by atoms with Crippen molar-refractivity contribution >= 4 is 17.3 Å². The maximum atomic E-state index is 12.2. The summed E-state index contributed by atoms with van der Waals surface area (Å²) >= 11 is 5.41. The van der Waals surface area contributed by atoms with E-state index in [0.29, 0.717) is 0 Å². The van der Waals surface area contributed by atoms with Gasteiger partial charge in [-0.05, 0) is 12.1 Å². The average molecular weight is 256 g/mol. The van der Waals surface area contributed by atoms with Gasteiger partial charge in [-0.1, -0.05) is 11.6 Å². The predicted octanol–water partition coefficient (Wildman–Crippen LogP) is 2.84. The van der Waals surface area contributed by atoms with Crippen LogP contribution in [-0.2, 0) is 0 Å². The van der Waals surface area contributed by atoms with Crippen LogP contribution in [0.4, 0.5) is 18.9 Å². The fourth-order valence-corrected chi connectivity index (χ4v) is 1.25. The molecule has 1 aromatic rings. The molecule has 0 aliphatic carbocycles. The van der Waals surface area contributed by atoms with Crippen molar-refractivity contribution in [2.75, 3.05) is 0 Å².